The van der Waals surface area contributed by atoms with E-state index in [1.54, 1.807) is 11.2 Å². The van der Waals surface area contributed by atoms with Gasteiger partial charge in [0, 0.05) is 11.8 Å². The molecule has 4 heteroatoms. The molecule has 0 radical (unpaired) electrons. The third kappa shape index (κ3) is 1.96. The van der Waals surface area contributed by atoms with Gasteiger partial charge in [-0.15, -0.1) is 0 Å². The summed E-state index contributed by atoms with van der Waals surface area (Å²) in [4.78, 5) is 14.5. The zero-order chi connectivity index (χ0) is 14.2. The summed E-state index contributed by atoms with van der Waals surface area (Å²) in [6.07, 6.45) is 3.57. The van der Waals surface area contributed by atoms with E-state index >= 15 is 0 Å². The van der Waals surface area contributed by atoms with Crippen molar-refractivity contribution in [1.82, 2.24) is 4.57 Å². The number of hydrogen-bond acceptors (Lipinski definition) is 2. The third-order valence-corrected chi connectivity index (χ3v) is 3.79. The van der Waals surface area contributed by atoms with Gasteiger partial charge in [0.15, 0.2) is 0 Å². The molecule has 4 nitrogen and oxygen atoms in total. The Hall–Kier alpha value is -2.75. The van der Waals surface area contributed by atoms with Crippen LogP contribution in [0.2, 0.25) is 0 Å². The fraction of sp³-hybridized carbons (Fsp3) is 0.118. The highest BCUT2D eigenvalue weighted by molar-refractivity contribution is 6.05. The molecule has 1 amide bonds. The molecule has 0 unspecified atom stereocenters. The molecule has 0 N–H and O–H groups in total. The van der Waals surface area contributed by atoms with E-state index in [1.807, 2.05) is 59.3 Å². The first-order chi connectivity index (χ1) is 10.3. The maximum Gasteiger partial charge on any atom is 0.277 e. The quantitative estimate of drug-likeness (QED) is 0.721. The Morgan fingerprint density at radius 2 is 1.90 bits per heavy atom. The second-order valence-corrected chi connectivity index (χ2v) is 5.15. The number of aromatic nitrogens is 1. The summed E-state index contributed by atoms with van der Waals surface area (Å²) in [7, 11) is 0. The van der Waals surface area contributed by atoms with Crippen molar-refractivity contribution in [2.24, 2.45) is 0 Å². The summed E-state index contributed by atoms with van der Waals surface area (Å²) in [5.74, 6) is 0.616. The summed E-state index contributed by atoms with van der Waals surface area (Å²) in [6.45, 7) is 1.16. The van der Waals surface area contributed by atoms with Crippen molar-refractivity contribution in [2.75, 3.05) is 4.90 Å². The number of fused-ring (bicyclic) bond motifs is 2. The molecule has 0 aliphatic carbocycles. The molecule has 3 heterocycles. The smallest absolute Gasteiger partial charge is 0.277 e. The zero-order valence-corrected chi connectivity index (χ0v) is 11.4. The third-order valence-electron chi connectivity index (χ3n) is 3.79. The van der Waals surface area contributed by atoms with Crippen molar-refractivity contribution < 1.29 is 9.21 Å². The number of furan rings is 1. The van der Waals surface area contributed by atoms with Gasteiger partial charge in [-0.05, 0) is 23.8 Å². The number of nitrogens with zero attached hydrogens (tertiary/aromatic N) is 2. The average molecular weight is 278 g/mol. The molecule has 2 aromatic heterocycles. The molecule has 0 saturated heterocycles. The average Bonchev–Trinajstić information content (AvgIpc) is 3.13. The van der Waals surface area contributed by atoms with Gasteiger partial charge in [0.2, 0.25) is 5.88 Å². The second-order valence-electron chi connectivity index (χ2n) is 5.15. The Morgan fingerprint density at radius 3 is 2.76 bits per heavy atom. The van der Waals surface area contributed by atoms with Crippen molar-refractivity contribution in [2.45, 2.75) is 13.1 Å². The van der Waals surface area contributed by atoms with Crippen LogP contribution >= 0.6 is 0 Å². The molecule has 4 rings (SSSR count). The van der Waals surface area contributed by atoms with Crippen LogP contribution in [0.4, 0.5) is 5.88 Å². The number of hydrogen-bond donors (Lipinski definition) is 0. The highest BCUT2D eigenvalue weighted by atomic mass is 16.3. The summed E-state index contributed by atoms with van der Waals surface area (Å²) in [5.41, 5.74) is 2.79. The zero-order valence-electron chi connectivity index (χ0n) is 11.4. The first-order valence-corrected chi connectivity index (χ1v) is 6.90. The summed E-state index contributed by atoms with van der Waals surface area (Å²) < 4.78 is 7.54. The number of rotatable bonds is 2. The van der Waals surface area contributed by atoms with Gasteiger partial charge in [-0.2, -0.15) is 0 Å². The molecule has 104 valence electrons. The summed E-state index contributed by atoms with van der Waals surface area (Å²) in [6, 6.07) is 15.6. The van der Waals surface area contributed by atoms with Crippen LogP contribution < -0.4 is 4.90 Å². The van der Waals surface area contributed by atoms with E-state index in [4.69, 9.17) is 4.42 Å². The predicted molar refractivity (Wildman–Crippen MR) is 79.2 cm³/mol. The van der Waals surface area contributed by atoms with E-state index in [2.05, 4.69) is 0 Å². The fourth-order valence-corrected chi connectivity index (χ4v) is 2.75. The topological polar surface area (TPSA) is 38.4 Å². The van der Waals surface area contributed by atoms with Crippen molar-refractivity contribution in [3.05, 3.63) is 77.8 Å². The van der Waals surface area contributed by atoms with Crippen LogP contribution in [-0.4, -0.2) is 10.5 Å². The van der Waals surface area contributed by atoms with E-state index < -0.39 is 0 Å². The highest BCUT2D eigenvalue weighted by Crippen LogP contribution is 2.30. The van der Waals surface area contributed by atoms with E-state index in [-0.39, 0.29) is 5.91 Å². The van der Waals surface area contributed by atoms with E-state index in [0.29, 0.717) is 24.7 Å². The molecule has 1 aliphatic heterocycles. The first kappa shape index (κ1) is 12.0. The number of benzene rings is 1. The van der Waals surface area contributed by atoms with Crippen LogP contribution in [0, 0.1) is 0 Å². The molecule has 0 fully saturated rings. The number of anilines is 1. The Morgan fingerprint density at radius 1 is 1.05 bits per heavy atom. The minimum atomic E-state index is -0.0300. The predicted octanol–water partition coefficient (Wildman–Crippen LogP) is 3.29. The second kappa shape index (κ2) is 4.66. The number of amides is 1. The summed E-state index contributed by atoms with van der Waals surface area (Å²) >= 11 is 0. The van der Waals surface area contributed by atoms with Gasteiger partial charge in [0.05, 0.1) is 19.4 Å². The lowest BCUT2D eigenvalue weighted by atomic mass is 10.2. The molecule has 0 atom stereocenters. The Labute approximate surface area is 122 Å². The monoisotopic (exact) mass is 278 g/mol. The van der Waals surface area contributed by atoms with Crippen LogP contribution in [0.1, 0.15) is 21.6 Å². The Balaban J connectivity index is 1.80. The van der Waals surface area contributed by atoms with Gasteiger partial charge in [-0.1, -0.05) is 30.3 Å². The normalized spacial score (nSPS) is 13.7. The van der Waals surface area contributed by atoms with Crippen LogP contribution in [0.5, 0.6) is 0 Å². The van der Waals surface area contributed by atoms with Gasteiger partial charge in [-0.3, -0.25) is 9.69 Å². The number of carbonyl (C=O) groups is 1. The van der Waals surface area contributed by atoms with Crippen molar-refractivity contribution in [1.29, 1.82) is 0 Å². The SMILES string of the molecule is O=C1c2cccn2Cc2ccoc2N1Cc1ccccc1. The fourth-order valence-electron chi connectivity index (χ4n) is 2.75. The molecule has 1 aromatic carbocycles. The van der Waals surface area contributed by atoms with E-state index in [9.17, 15) is 4.79 Å². The Bertz CT molecular complexity index is 786. The lowest BCUT2D eigenvalue weighted by Gasteiger charge is -2.19. The minimum Gasteiger partial charge on any atom is -0.448 e. The van der Waals surface area contributed by atoms with E-state index in [1.165, 1.54) is 0 Å². The summed E-state index contributed by atoms with van der Waals surface area (Å²) in [5, 5.41) is 0. The minimum absolute atomic E-state index is 0.0300. The lowest BCUT2D eigenvalue weighted by Crippen LogP contribution is -2.30. The van der Waals surface area contributed by atoms with Gasteiger partial charge < -0.3 is 8.98 Å². The van der Waals surface area contributed by atoms with Crippen LogP contribution in [0.3, 0.4) is 0 Å². The standard InChI is InChI=1S/C17H14N2O2/c20-16-15-7-4-9-18(15)12-14-8-10-21-17(14)19(16)11-13-5-2-1-3-6-13/h1-10H,11-12H2. The van der Waals surface area contributed by atoms with Crippen LogP contribution in [-0.2, 0) is 13.1 Å². The van der Waals surface area contributed by atoms with Gasteiger partial charge >= 0.3 is 0 Å². The number of carbonyl (C=O) groups excluding carboxylic acids is 1. The molecular formula is C17H14N2O2. The molecule has 1 aliphatic rings. The highest BCUT2D eigenvalue weighted by Gasteiger charge is 2.28. The van der Waals surface area contributed by atoms with Crippen molar-refractivity contribution >= 4 is 11.8 Å². The molecular weight excluding hydrogens is 264 g/mol. The van der Waals surface area contributed by atoms with Gasteiger partial charge in [-0.25, -0.2) is 0 Å². The first-order valence-electron chi connectivity index (χ1n) is 6.90. The Kier molecular flexibility index (Phi) is 2.67. The van der Waals surface area contributed by atoms with Crippen LogP contribution in [0.15, 0.2) is 65.4 Å². The molecule has 21 heavy (non-hydrogen) atoms. The maximum atomic E-state index is 12.8. The van der Waals surface area contributed by atoms with Crippen molar-refractivity contribution in [3.8, 4) is 0 Å². The van der Waals surface area contributed by atoms with Crippen LogP contribution in [0.25, 0.3) is 0 Å². The maximum absolute atomic E-state index is 12.8. The molecule has 0 saturated carbocycles. The molecule has 0 bridgehead atoms. The molecule has 0 spiro atoms. The van der Waals surface area contributed by atoms with E-state index in [0.717, 1.165) is 11.1 Å². The lowest BCUT2D eigenvalue weighted by molar-refractivity contribution is 0.0974. The van der Waals surface area contributed by atoms with Gasteiger partial charge in [0.1, 0.15) is 5.69 Å². The largest absolute Gasteiger partial charge is 0.448 e. The van der Waals surface area contributed by atoms with Crippen molar-refractivity contribution in [3.63, 3.8) is 0 Å². The van der Waals surface area contributed by atoms with Gasteiger partial charge in [0.25, 0.3) is 5.91 Å². The molecule has 3 aromatic rings.